The molecule has 0 aromatic heterocycles. The van der Waals surface area contributed by atoms with E-state index in [1.54, 1.807) is 7.11 Å². The monoisotopic (exact) mass is 232 g/mol. The number of ether oxygens (including phenoxy) is 1. The summed E-state index contributed by atoms with van der Waals surface area (Å²) in [5, 5.41) is 0. The summed E-state index contributed by atoms with van der Waals surface area (Å²) in [6.07, 6.45) is 1.71. The highest BCUT2D eigenvalue weighted by Crippen LogP contribution is 2.51. The molecule has 1 unspecified atom stereocenters. The number of likely N-dealkylation sites (N-methyl/N-ethyl adjacent to an activating group) is 2. The highest BCUT2D eigenvalue weighted by atomic mass is 16.5. The molecule has 3 nitrogen and oxygen atoms in total. The van der Waals surface area contributed by atoms with Crippen LogP contribution in [0.2, 0.25) is 0 Å². The largest absolute Gasteiger partial charge is 0.497 e. The lowest BCUT2D eigenvalue weighted by Gasteiger charge is -2.32. The van der Waals surface area contributed by atoms with E-state index in [-0.39, 0.29) is 5.41 Å². The molecule has 0 radical (unpaired) electrons. The van der Waals surface area contributed by atoms with Gasteiger partial charge in [-0.25, -0.2) is 0 Å². The number of benzene rings is 1. The summed E-state index contributed by atoms with van der Waals surface area (Å²) in [7, 11) is 6.15. The fourth-order valence-electron chi connectivity index (χ4n) is 3.68. The van der Waals surface area contributed by atoms with Crippen LogP contribution in [-0.2, 0) is 5.41 Å². The Morgan fingerprint density at radius 3 is 2.82 bits per heavy atom. The fourth-order valence-corrected chi connectivity index (χ4v) is 3.68. The Morgan fingerprint density at radius 2 is 2.12 bits per heavy atom. The maximum atomic E-state index is 5.36. The first kappa shape index (κ1) is 10.9. The molecule has 0 aliphatic carbocycles. The number of anilines is 1. The number of fused-ring (bicyclic) bond motifs is 3. The number of hydrogen-bond donors (Lipinski definition) is 0. The van der Waals surface area contributed by atoms with Gasteiger partial charge in [-0.1, -0.05) is 6.92 Å². The number of hydrogen-bond acceptors (Lipinski definition) is 3. The van der Waals surface area contributed by atoms with Gasteiger partial charge in [0, 0.05) is 24.7 Å². The zero-order chi connectivity index (χ0) is 12.2. The van der Waals surface area contributed by atoms with Crippen LogP contribution in [0.4, 0.5) is 5.69 Å². The van der Waals surface area contributed by atoms with Gasteiger partial charge in [-0.15, -0.1) is 0 Å². The Labute approximate surface area is 103 Å². The molecular formula is C14H20N2O. The smallest absolute Gasteiger partial charge is 0.119 e. The van der Waals surface area contributed by atoms with Crippen molar-refractivity contribution >= 4 is 5.69 Å². The molecule has 2 aliphatic rings. The van der Waals surface area contributed by atoms with Crippen LogP contribution in [0.5, 0.6) is 5.75 Å². The fraction of sp³-hybridized carbons (Fsp3) is 0.571. The van der Waals surface area contributed by atoms with E-state index in [9.17, 15) is 0 Å². The van der Waals surface area contributed by atoms with E-state index in [0.29, 0.717) is 6.17 Å². The van der Waals surface area contributed by atoms with Crippen molar-refractivity contribution in [3.8, 4) is 5.75 Å². The normalized spacial score (nSPS) is 31.5. The molecule has 2 heterocycles. The lowest BCUT2D eigenvalue weighted by atomic mass is 9.81. The van der Waals surface area contributed by atoms with Crippen LogP contribution in [0, 0.1) is 0 Å². The van der Waals surface area contributed by atoms with Gasteiger partial charge < -0.3 is 9.64 Å². The minimum absolute atomic E-state index is 0.243. The molecule has 3 rings (SSSR count). The molecule has 0 amide bonds. The van der Waals surface area contributed by atoms with E-state index >= 15 is 0 Å². The van der Waals surface area contributed by atoms with Gasteiger partial charge in [-0.3, -0.25) is 4.90 Å². The summed E-state index contributed by atoms with van der Waals surface area (Å²) in [6, 6.07) is 6.45. The lowest BCUT2D eigenvalue weighted by molar-refractivity contribution is 0.268. The summed E-state index contributed by atoms with van der Waals surface area (Å²) in [4.78, 5) is 4.86. The summed E-state index contributed by atoms with van der Waals surface area (Å²) in [6.45, 7) is 3.55. The third-order valence-corrected chi connectivity index (χ3v) is 4.54. The van der Waals surface area contributed by atoms with Crippen LogP contribution in [0.25, 0.3) is 0 Å². The maximum absolute atomic E-state index is 5.36. The predicted molar refractivity (Wildman–Crippen MR) is 69.8 cm³/mol. The van der Waals surface area contributed by atoms with E-state index in [4.69, 9.17) is 4.74 Å². The Balaban J connectivity index is 2.15. The first-order chi connectivity index (χ1) is 8.08. The van der Waals surface area contributed by atoms with Gasteiger partial charge in [0.1, 0.15) is 5.75 Å². The second-order valence-corrected chi connectivity index (χ2v) is 5.52. The molecule has 3 heteroatoms. The van der Waals surface area contributed by atoms with Gasteiger partial charge >= 0.3 is 0 Å². The topological polar surface area (TPSA) is 15.7 Å². The molecular weight excluding hydrogens is 212 g/mol. The molecule has 17 heavy (non-hydrogen) atoms. The number of likely N-dealkylation sites (tertiary alicyclic amines) is 1. The predicted octanol–water partition coefficient (Wildman–Crippen LogP) is 2.06. The SMILES string of the molecule is COc1ccc2c(c1)[C@@]1(C)CCN(C)C1N2C. The standard InChI is InChI=1S/C14H20N2O/c1-14-7-8-15(2)13(14)16(3)12-6-5-10(17-4)9-11(12)14/h5-6,9,13H,7-8H2,1-4H3/t13?,14-/m1/s1. The van der Waals surface area contributed by atoms with Crippen molar-refractivity contribution in [2.24, 2.45) is 0 Å². The molecule has 92 valence electrons. The Morgan fingerprint density at radius 1 is 1.35 bits per heavy atom. The molecule has 0 saturated carbocycles. The quantitative estimate of drug-likeness (QED) is 0.737. The van der Waals surface area contributed by atoms with Crippen LogP contribution in [-0.4, -0.2) is 38.8 Å². The molecule has 0 N–H and O–H groups in total. The average Bonchev–Trinajstić information content (AvgIpc) is 2.75. The van der Waals surface area contributed by atoms with Crippen molar-refractivity contribution in [1.29, 1.82) is 0 Å². The second kappa shape index (κ2) is 3.39. The van der Waals surface area contributed by atoms with E-state index in [1.807, 2.05) is 0 Å². The third kappa shape index (κ3) is 1.26. The lowest BCUT2D eigenvalue weighted by Crippen LogP contribution is -2.45. The van der Waals surface area contributed by atoms with Gasteiger partial charge in [-0.2, -0.15) is 0 Å². The first-order valence-electron chi connectivity index (χ1n) is 6.19. The van der Waals surface area contributed by atoms with Crippen molar-refractivity contribution in [1.82, 2.24) is 4.90 Å². The zero-order valence-electron chi connectivity index (χ0n) is 11.0. The average molecular weight is 232 g/mol. The van der Waals surface area contributed by atoms with Crippen LogP contribution >= 0.6 is 0 Å². The van der Waals surface area contributed by atoms with Crippen molar-refractivity contribution in [2.75, 3.05) is 32.6 Å². The van der Waals surface area contributed by atoms with Gasteiger partial charge in [-0.05, 0) is 37.2 Å². The highest BCUT2D eigenvalue weighted by Gasteiger charge is 2.52. The Kier molecular flexibility index (Phi) is 2.17. The van der Waals surface area contributed by atoms with Crippen molar-refractivity contribution in [3.63, 3.8) is 0 Å². The van der Waals surface area contributed by atoms with Gasteiger partial charge in [0.25, 0.3) is 0 Å². The van der Waals surface area contributed by atoms with Gasteiger partial charge in [0.2, 0.25) is 0 Å². The summed E-state index contributed by atoms with van der Waals surface area (Å²) in [5.74, 6) is 0.966. The van der Waals surface area contributed by atoms with E-state index < -0.39 is 0 Å². The minimum Gasteiger partial charge on any atom is -0.497 e. The van der Waals surface area contributed by atoms with Crippen LogP contribution in [0.1, 0.15) is 18.9 Å². The van der Waals surface area contributed by atoms with Gasteiger partial charge in [0.15, 0.2) is 0 Å². The molecule has 1 saturated heterocycles. The zero-order valence-corrected chi connectivity index (χ0v) is 11.0. The molecule has 1 aromatic carbocycles. The van der Waals surface area contributed by atoms with Gasteiger partial charge in [0.05, 0.1) is 13.3 Å². The Hall–Kier alpha value is -1.22. The van der Waals surface area contributed by atoms with Crippen LogP contribution in [0.3, 0.4) is 0 Å². The molecule has 2 aliphatic heterocycles. The first-order valence-corrected chi connectivity index (χ1v) is 6.19. The number of nitrogens with zero attached hydrogens (tertiary/aromatic N) is 2. The number of methoxy groups -OCH3 is 1. The molecule has 0 spiro atoms. The van der Waals surface area contributed by atoms with Crippen LogP contribution < -0.4 is 9.64 Å². The highest BCUT2D eigenvalue weighted by molar-refractivity contribution is 5.66. The van der Waals surface area contributed by atoms with Crippen molar-refractivity contribution < 1.29 is 4.74 Å². The van der Waals surface area contributed by atoms with E-state index in [1.165, 1.54) is 24.2 Å². The molecule has 0 bridgehead atoms. The Bertz CT molecular complexity index is 460. The molecule has 1 fully saturated rings. The number of rotatable bonds is 1. The summed E-state index contributed by atoms with van der Waals surface area (Å²) >= 11 is 0. The second-order valence-electron chi connectivity index (χ2n) is 5.52. The van der Waals surface area contributed by atoms with E-state index in [0.717, 1.165) is 5.75 Å². The van der Waals surface area contributed by atoms with E-state index in [2.05, 4.69) is 49.0 Å². The van der Waals surface area contributed by atoms with Crippen molar-refractivity contribution in [3.05, 3.63) is 23.8 Å². The summed E-state index contributed by atoms with van der Waals surface area (Å²) in [5.41, 5.74) is 3.03. The minimum atomic E-state index is 0.243. The summed E-state index contributed by atoms with van der Waals surface area (Å²) < 4.78 is 5.36. The molecule has 2 atom stereocenters. The third-order valence-electron chi connectivity index (χ3n) is 4.54. The van der Waals surface area contributed by atoms with Crippen molar-refractivity contribution in [2.45, 2.75) is 24.9 Å². The maximum Gasteiger partial charge on any atom is 0.119 e. The van der Waals surface area contributed by atoms with Crippen LogP contribution in [0.15, 0.2) is 18.2 Å². The molecule has 1 aromatic rings.